The van der Waals surface area contributed by atoms with Crippen LogP contribution in [0.2, 0.25) is 0 Å². The van der Waals surface area contributed by atoms with Crippen LogP contribution in [-0.2, 0) is 11.3 Å². The van der Waals surface area contributed by atoms with E-state index in [1.54, 1.807) is 25.3 Å². The Morgan fingerprint density at radius 1 is 1.37 bits per heavy atom. The highest BCUT2D eigenvalue weighted by molar-refractivity contribution is 7.71. The Balaban J connectivity index is 1.87. The zero-order valence-corrected chi connectivity index (χ0v) is 16.9. The Morgan fingerprint density at radius 3 is 2.89 bits per heavy atom. The number of H-pyrrole nitrogens is 1. The molecule has 2 aromatic rings. The predicted molar refractivity (Wildman–Crippen MR) is 109 cm³/mol. The van der Waals surface area contributed by atoms with Crippen LogP contribution in [0.25, 0.3) is 10.9 Å². The molecule has 3 atom stereocenters. The molecule has 1 aromatic heterocycles. The maximum Gasteiger partial charge on any atom is 0.262 e. The molecule has 0 saturated heterocycles. The van der Waals surface area contributed by atoms with Gasteiger partial charge in [0.2, 0.25) is 0 Å². The Kier molecular flexibility index (Phi) is 6.11. The fourth-order valence-electron chi connectivity index (χ4n) is 3.82. The third-order valence-corrected chi connectivity index (χ3v) is 6.11. The number of hydrogen-bond acceptors (Lipinski definition) is 4. The van der Waals surface area contributed by atoms with Gasteiger partial charge in [-0.2, -0.15) is 0 Å². The molecule has 0 spiro atoms. The van der Waals surface area contributed by atoms with Crippen LogP contribution >= 0.6 is 12.2 Å². The number of hydrogen-bond donors (Lipinski definition) is 2. The van der Waals surface area contributed by atoms with Crippen LogP contribution in [0.4, 0.5) is 0 Å². The fourth-order valence-corrected chi connectivity index (χ4v) is 4.10. The monoisotopic (exact) mass is 389 g/mol. The Bertz CT molecular complexity index is 950. The van der Waals surface area contributed by atoms with Crippen molar-refractivity contribution in [1.29, 1.82) is 0 Å². The lowest BCUT2D eigenvalue weighted by Gasteiger charge is -2.34. The van der Waals surface area contributed by atoms with Crippen molar-refractivity contribution in [1.82, 2.24) is 14.9 Å². The van der Waals surface area contributed by atoms with Crippen molar-refractivity contribution in [2.45, 2.75) is 45.7 Å². The highest BCUT2D eigenvalue weighted by atomic mass is 32.1. The Morgan fingerprint density at radius 2 is 2.15 bits per heavy atom. The number of rotatable bonds is 5. The van der Waals surface area contributed by atoms with E-state index in [-0.39, 0.29) is 17.5 Å². The molecule has 1 amide bonds. The first-order valence-corrected chi connectivity index (χ1v) is 9.90. The molecule has 1 aliphatic rings. The first-order valence-electron chi connectivity index (χ1n) is 9.49. The number of aromatic amines is 1. The van der Waals surface area contributed by atoms with Gasteiger partial charge in [-0.1, -0.05) is 26.7 Å². The van der Waals surface area contributed by atoms with Gasteiger partial charge in [0.1, 0.15) is 0 Å². The third kappa shape index (κ3) is 4.14. The van der Waals surface area contributed by atoms with E-state index in [4.69, 9.17) is 17.0 Å². The smallest absolute Gasteiger partial charge is 0.262 e. The van der Waals surface area contributed by atoms with Crippen molar-refractivity contribution in [2.75, 3.05) is 13.7 Å². The first-order chi connectivity index (χ1) is 12.9. The minimum absolute atomic E-state index is 0.106. The molecule has 146 valence electrons. The van der Waals surface area contributed by atoms with E-state index in [0.29, 0.717) is 46.2 Å². The summed E-state index contributed by atoms with van der Waals surface area (Å²) >= 11 is 5.30. The molecular formula is C20H27N3O3S. The summed E-state index contributed by atoms with van der Waals surface area (Å²) in [5.74, 6) is 0.968. The second-order valence-corrected chi connectivity index (χ2v) is 7.87. The number of amides is 1. The van der Waals surface area contributed by atoms with Crippen molar-refractivity contribution >= 4 is 29.0 Å². The van der Waals surface area contributed by atoms with Crippen LogP contribution in [0, 0.1) is 16.6 Å². The van der Waals surface area contributed by atoms with Gasteiger partial charge in [-0.3, -0.25) is 14.2 Å². The largest absolute Gasteiger partial charge is 0.383 e. The number of nitrogens with zero attached hydrogens (tertiary/aromatic N) is 1. The van der Waals surface area contributed by atoms with E-state index < -0.39 is 0 Å². The second-order valence-electron chi connectivity index (χ2n) is 7.49. The van der Waals surface area contributed by atoms with E-state index in [0.717, 1.165) is 12.8 Å². The van der Waals surface area contributed by atoms with Gasteiger partial charge in [0.25, 0.3) is 11.5 Å². The van der Waals surface area contributed by atoms with Gasteiger partial charge in [0.05, 0.1) is 24.1 Å². The molecule has 2 N–H and O–H groups in total. The highest BCUT2D eigenvalue weighted by Crippen LogP contribution is 2.29. The maximum atomic E-state index is 12.7. The minimum atomic E-state index is -0.174. The van der Waals surface area contributed by atoms with Gasteiger partial charge < -0.3 is 15.0 Å². The number of carbonyl (C=O) groups is 1. The summed E-state index contributed by atoms with van der Waals surface area (Å²) in [5.41, 5.74) is 0.941. The van der Waals surface area contributed by atoms with Crippen LogP contribution in [-0.4, -0.2) is 35.2 Å². The average Bonchev–Trinajstić information content (AvgIpc) is 2.65. The third-order valence-electron chi connectivity index (χ3n) is 5.79. The maximum absolute atomic E-state index is 12.7. The topological polar surface area (TPSA) is 76.1 Å². The quantitative estimate of drug-likeness (QED) is 0.770. The molecule has 27 heavy (non-hydrogen) atoms. The van der Waals surface area contributed by atoms with Crippen molar-refractivity contribution < 1.29 is 9.53 Å². The molecular weight excluding hydrogens is 362 g/mol. The van der Waals surface area contributed by atoms with Crippen molar-refractivity contribution in [3.05, 3.63) is 38.9 Å². The van der Waals surface area contributed by atoms with Crippen LogP contribution in [0.15, 0.2) is 23.0 Å². The first kappa shape index (κ1) is 19.8. The lowest BCUT2D eigenvalue weighted by molar-refractivity contribution is 0.0891. The highest BCUT2D eigenvalue weighted by Gasteiger charge is 2.28. The molecule has 0 radical (unpaired) electrons. The molecule has 6 nitrogen and oxygen atoms in total. The number of ether oxygens (including phenoxy) is 1. The number of benzene rings is 1. The predicted octanol–water partition coefficient (Wildman–Crippen LogP) is 3.26. The lowest BCUT2D eigenvalue weighted by Crippen LogP contribution is -2.43. The standard InChI is InChI=1S/C20H27N3O3S/c1-12-5-4-6-16(13(12)2)21-18(24)14-7-8-15-17(11-14)22-20(27)23(19(15)25)9-10-26-3/h7-8,11-13,16H,4-6,9-10H2,1-3H3,(H,21,24)(H,22,27)/t12-,13-,16-/m1/s1. The van der Waals surface area contributed by atoms with E-state index in [2.05, 4.69) is 24.1 Å². The summed E-state index contributed by atoms with van der Waals surface area (Å²) < 4.78 is 6.84. The summed E-state index contributed by atoms with van der Waals surface area (Å²) in [4.78, 5) is 28.5. The fraction of sp³-hybridized carbons (Fsp3) is 0.550. The van der Waals surface area contributed by atoms with Gasteiger partial charge in [0.15, 0.2) is 4.77 Å². The van der Waals surface area contributed by atoms with Crippen LogP contribution in [0.5, 0.6) is 0 Å². The van der Waals surface area contributed by atoms with Gasteiger partial charge in [-0.15, -0.1) is 0 Å². The number of methoxy groups -OCH3 is 1. The van der Waals surface area contributed by atoms with E-state index in [9.17, 15) is 9.59 Å². The summed E-state index contributed by atoms with van der Waals surface area (Å²) in [5, 5.41) is 3.68. The average molecular weight is 390 g/mol. The van der Waals surface area contributed by atoms with E-state index in [1.165, 1.54) is 11.0 Å². The van der Waals surface area contributed by atoms with Gasteiger partial charge in [-0.25, -0.2) is 0 Å². The Hall–Kier alpha value is -1.99. The van der Waals surface area contributed by atoms with Gasteiger partial charge in [0, 0.05) is 18.7 Å². The molecule has 0 bridgehead atoms. The second kappa shape index (κ2) is 8.35. The van der Waals surface area contributed by atoms with E-state index in [1.807, 2.05) is 0 Å². The summed E-state index contributed by atoms with van der Waals surface area (Å²) in [6, 6.07) is 5.29. The van der Waals surface area contributed by atoms with Gasteiger partial charge in [-0.05, 0) is 48.7 Å². The Labute approximate surface area is 163 Å². The summed E-state index contributed by atoms with van der Waals surface area (Å²) in [7, 11) is 1.58. The minimum Gasteiger partial charge on any atom is -0.383 e. The van der Waals surface area contributed by atoms with Crippen LogP contribution < -0.4 is 10.9 Å². The number of carbonyl (C=O) groups excluding carboxylic acids is 1. The van der Waals surface area contributed by atoms with E-state index >= 15 is 0 Å². The summed E-state index contributed by atoms with van der Waals surface area (Å²) in [6.45, 7) is 5.24. The molecule has 0 aliphatic heterocycles. The lowest BCUT2D eigenvalue weighted by atomic mass is 9.78. The van der Waals surface area contributed by atoms with Crippen molar-refractivity contribution in [2.24, 2.45) is 11.8 Å². The number of nitrogens with one attached hydrogen (secondary N) is 2. The van der Waals surface area contributed by atoms with Gasteiger partial charge >= 0.3 is 0 Å². The molecule has 0 unspecified atom stereocenters. The molecule has 1 aromatic carbocycles. The SMILES string of the molecule is COCCn1c(=S)[nH]c2cc(C(=O)N[C@@H]3CCC[C@@H](C)[C@H]3C)ccc2c1=O. The molecule has 7 heteroatoms. The van der Waals surface area contributed by atoms with Crippen molar-refractivity contribution in [3.63, 3.8) is 0 Å². The molecule has 1 heterocycles. The number of fused-ring (bicyclic) bond motifs is 1. The molecule has 1 saturated carbocycles. The number of aromatic nitrogens is 2. The van der Waals surface area contributed by atoms with Crippen molar-refractivity contribution in [3.8, 4) is 0 Å². The molecule has 3 rings (SSSR count). The normalized spacial score (nSPS) is 22.7. The molecule has 1 fully saturated rings. The van der Waals surface area contributed by atoms with Crippen LogP contribution in [0.1, 0.15) is 43.5 Å². The zero-order valence-electron chi connectivity index (χ0n) is 16.1. The summed E-state index contributed by atoms with van der Waals surface area (Å²) in [6.07, 6.45) is 3.37. The zero-order chi connectivity index (χ0) is 19.6. The van der Waals surface area contributed by atoms with Crippen LogP contribution in [0.3, 0.4) is 0 Å². The molecule has 1 aliphatic carbocycles.